The Hall–Kier alpha value is -1.06. The first kappa shape index (κ1) is 9.92. The van der Waals surface area contributed by atoms with E-state index in [-0.39, 0.29) is 5.41 Å². The van der Waals surface area contributed by atoms with Gasteiger partial charge in [-0.15, -0.1) is 0 Å². The van der Waals surface area contributed by atoms with Crippen molar-refractivity contribution >= 4 is 5.95 Å². The summed E-state index contributed by atoms with van der Waals surface area (Å²) in [5, 5.41) is 4.58. The molecule has 0 aliphatic heterocycles. The van der Waals surface area contributed by atoms with Gasteiger partial charge < -0.3 is 5.73 Å². The summed E-state index contributed by atoms with van der Waals surface area (Å²) in [6, 6.07) is 0. The highest BCUT2D eigenvalue weighted by atomic mass is 15.4. The van der Waals surface area contributed by atoms with E-state index in [0.29, 0.717) is 5.95 Å². The number of anilines is 1. The Morgan fingerprint density at radius 1 is 1.12 bits per heavy atom. The molecule has 4 heteroatoms. The summed E-state index contributed by atoms with van der Waals surface area (Å²) >= 11 is 0. The first-order valence-electron chi connectivity index (χ1n) is 6.82. The molecule has 0 spiro atoms. The molecule has 1 heterocycles. The predicted octanol–water partition coefficient (Wildman–Crippen LogP) is 1.87. The van der Waals surface area contributed by atoms with Crippen LogP contribution in [0.1, 0.15) is 44.3 Å². The molecule has 4 bridgehead atoms. The number of aromatic nitrogens is 3. The highest BCUT2D eigenvalue weighted by molar-refractivity contribution is 5.23. The molecule has 0 saturated heterocycles. The maximum Gasteiger partial charge on any atom is 0.218 e. The molecule has 2 N–H and O–H groups in total. The third-order valence-corrected chi connectivity index (χ3v) is 5.31. The number of hydrogen-bond acceptors (Lipinski definition) is 3. The van der Waals surface area contributed by atoms with Crippen molar-refractivity contribution in [2.75, 3.05) is 5.73 Å². The van der Waals surface area contributed by atoms with Gasteiger partial charge in [0, 0.05) is 12.5 Å². The average Bonchev–Trinajstić information content (AvgIpc) is 2.58. The van der Waals surface area contributed by atoms with Crippen LogP contribution in [0.2, 0.25) is 0 Å². The topological polar surface area (TPSA) is 56.7 Å². The van der Waals surface area contributed by atoms with Gasteiger partial charge in [0.2, 0.25) is 5.95 Å². The van der Waals surface area contributed by atoms with Crippen LogP contribution < -0.4 is 5.73 Å². The molecule has 0 radical (unpaired) electrons. The van der Waals surface area contributed by atoms with Gasteiger partial charge in [0.1, 0.15) is 0 Å². The van der Waals surface area contributed by atoms with Crippen LogP contribution in [-0.2, 0) is 12.5 Å². The lowest BCUT2D eigenvalue weighted by atomic mass is 9.49. The second-order valence-electron chi connectivity index (χ2n) is 6.62. The van der Waals surface area contributed by atoms with Crippen molar-refractivity contribution in [1.82, 2.24) is 14.8 Å². The average molecular weight is 232 g/mol. The number of nitrogen functional groups attached to an aromatic ring is 1. The Bertz CT molecular complexity index is 407. The lowest BCUT2D eigenvalue weighted by Crippen LogP contribution is -2.49. The second-order valence-corrected chi connectivity index (χ2v) is 6.62. The minimum absolute atomic E-state index is 0.282. The van der Waals surface area contributed by atoms with Crippen molar-refractivity contribution in [3.8, 4) is 0 Å². The summed E-state index contributed by atoms with van der Waals surface area (Å²) in [4.78, 5) is 4.53. The fourth-order valence-corrected chi connectivity index (χ4v) is 5.01. The number of hydrogen-bond donors (Lipinski definition) is 1. The highest BCUT2D eigenvalue weighted by Gasteiger charge is 2.53. The molecule has 0 unspecified atom stereocenters. The standard InChI is InChI=1S/C13H20N4/c1-17-12(14)15-11(16-17)13-5-8-2-9(6-13)4-10(3-8)7-13/h8-10H,2-7H2,1H3,(H2,14,15,16). The van der Waals surface area contributed by atoms with E-state index in [9.17, 15) is 0 Å². The van der Waals surface area contributed by atoms with Gasteiger partial charge in [-0.2, -0.15) is 10.1 Å². The molecule has 0 aromatic carbocycles. The zero-order valence-corrected chi connectivity index (χ0v) is 10.4. The first-order valence-corrected chi connectivity index (χ1v) is 6.82. The summed E-state index contributed by atoms with van der Waals surface area (Å²) in [5.41, 5.74) is 6.13. The van der Waals surface area contributed by atoms with Crippen LogP contribution in [0.15, 0.2) is 0 Å². The molecule has 4 nitrogen and oxygen atoms in total. The SMILES string of the molecule is Cn1nc(C23CC4CC(CC(C4)C2)C3)nc1N. The minimum Gasteiger partial charge on any atom is -0.368 e. The zero-order valence-electron chi connectivity index (χ0n) is 10.4. The summed E-state index contributed by atoms with van der Waals surface area (Å²) < 4.78 is 1.73. The molecular weight excluding hydrogens is 212 g/mol. The van der Waals surface area contributed by atoms with Crippen LogP contribution in [0.4, 0.5) is 5.95 Å². The maximum atomic E-state index is 5.85. The Morgan fingerprint density at radius 3 is 2.06 bits per heavy atom. The lowest BCUT2D eigenvalue weighted by molar-refractivity contribution is -0.00938. The van der Waals surface area contributed by atoms with Crippen molar-refractivity contribution in [3.05, 3.63) is 5.82 Å². The molecule has 17 heavy (non-hydrogen) atoms. The van der Waals surface area contributed by atoms with Gasteiger partial charge in [0.15, 0.2) is 5.82 Å². The van der Waals surface area contributed by atoms with Crippen LogP contribution >= 0.6 is 0 Å². The van der Waals surface area contributed by atoms with Gasteiger partial charge in [-0.1, -0.05) is 0 Å². The van der Waals surface area contributed by atoms with E-state index in [2.05, 4.69) is 10.1 Å². The highest BCUT2D eigenvalue weighted by Crippen LogP contribution is 2.60. The van der Waals surface area contributed by atoms with E-state index in [0.717, 1.165) is 23.6 Å². The van der Waals surface area contributed by atoms with E-state index in [1.165, 1.54) is 38.5 Å². The Balaban J connectivity index is 1.77. The number of aryl methyl sites for hydroxylation is 1. The van der Waals surface area contributed by atoms with Gasteiger partial charge >= 0.3 is 0 Å². The molecule has 4 saturated carbocycles. The predicted molar refractivity (Wildman–Crippen MR) is 65.3 cm³/mol. The van der Waals surface area contributed by atoms with Crippen LogP contribution in [0, 0.1) is 17.8 Å². The van der Waals surface area contributed by atoms with E-state index in [1.54, 1.807) is 4.68 Å². The molecule has 1 aromatic rings. The second kappa shape index (κ2) is 3.03. The van der Waals surface area contributed by atoms with Gasteiger partial charge in [-0.25, -0.2) is 4.68 Å². The molecular formula is C13H20N4. The normalized spacial score (nSPS) is 43.2. The summed E-state index contributed by atoms with van der Waals surface area (Å²) in [7, 11) is 1.90. The van der Waals surface area contributed by atoms with Gasteiger partial charge in [-0.3, -0.25) is 0 Å². The smallest absolute Gasteiger partial charge is 0.218 e. The maximum absolute atomic E-state index is 5.85. The van der Waals surface area contributed by atoms with E-state index >= 15 is 0 Å². The third kappa shape index (κ3) is 1.30. The minimum atomic E-state index is 0.282. The van der Waals surface area contributed by atoms with Crippen LogP contribution in [0.3, 0.4) is 0 Å². The van der Waals surface area contributed by atoms with Crippen molar-refractivity contribution in [1.29, 1.82) is 0 Å². The number of rotatable bonds is 1. The largest absolute Gasteiger partial charge is 0.368 e. The summed E-state index contributed by atoms with van der Waals surface area (Å²) in [6.45, 7) is 0. The molecule has 0 atom stereocenters. The van der Waals surface area contributed by atoms with E-state index in [1.807, 2.05) is 7.05 Å². The summed E-state index contributed by atoms with van der Waals surface area (Å²) in [6.07, 6.45) is 8.30. The van der Waals surface area contributed by atoms with Gasteiger partial charge in [0.25, 0.3) is 0 Å². The van der Waals surface area contributed by atoms with Crippen molar-refractivity contribution in [2.45, 2.75) is 43.9 Å². The molecule has 4 fully saturated rings. The number of nitrogens with zero attached hydrogens (tertiary/aromatic N) is 3. The Labute approximate surface area is 102 Å². The molecule has 92 valence electrons. The van der Waals surface area contributed by atoms with E-state index < -0.39 is 0 Å². The fraction of sp³-hybridized carbons (Fsp3) is 0.846. The molecule has 1 aromatic heterocycles. The summed E-state index contributed by atoms with van der Waals surface area (Å²) in [5.74, 6) is 4.41. The molecule has 4 aliphatic carbocycles. The molecule has 5 rings (SSSR count). The van der Waals surface area contributed by atoms with Crippen molar-refractivity contribution in [2.24, 2.45) is 24.8 Å². The van der Waals surface area contributed by atoms with Crippen LogP contribution in [0.25, 0.3) is 0 Å². The Morgan fingerprint density at radius 2 is 1.65 bits per heavy atom. The lowest BCUT2D eigenvalue weighted by Gasteiger charge is -2.55. The third-order valence-electron chi connectivity index (χ3n) is 5.31. The van der Waals surface area contributed by atoms with E-state index in [4.69, 9.17) is 5.73 Å². The zero-order chi connectivity index (χ0) is 11.6. The van der Waals surface area contributed by atoms with Crippen molar-refractivity contribution < 1.29 is 0 Å². The first-order chi connectivity index (χ1) is 8.14. The fourth-order valence-electron chi connectivity index (χ4n) is 5.01. The van der Waals surface area contributed by atoms with Crippen molar-refractivity contribution in [3.63, 3.8) is 0 Å². The monoisotopic (exact) mass is 232 g/mol. The number of nitrogens with two attached hydrogens (primary N) is 1. The van der Waals surface area contributed by atoms with Crippen LogP contribution in [0.5, 0.6) is 0 Å². The molecule has 0 amide bonds. The quantitative estimate of drug-likeness (QED) is 0.804. The van der Waals surface area contributed by atoms with Gasteiger partial charge in [0.05, 0.1) is 0 Å². The van der Waals surface area contributed by atoms with Crippen LogP contribution in [-0.4, -0.2) is 14.8 Å². The van der Waals surface area contributed by atoms with Gasteiger partial charge in [-0.05, 0) is 56.3 Å². The Kier molecular flexibility index (Phi) is 1.77. The molecule has 4 aliphatic rings.